The van der Waals surface area contributed by atoms with Crippen LogP contribution < -0.4 is 0 Å². The number of aliphatic hydroxyl groups is 1. The molecule has 0 aliphatic heterocycles. The first-order chi connectivity index (χ1) is 9.73. The van der Waals surface area contributed by atoms with E-state index in [1.54, 1.807) is 18.7 Å². The van der Waals surface area contributed by atoms with Crippen molar-refractivity contribution in [3.8, 4) is 0 Å². The van der Waals surface area contributed by atoms with Gasteiger partial charge in [0.15, 0.2) is 0 Å². The smallest absolute Gasteiger partial charge is 0.253 e. The Hall–Kier alpha value is -1.81. The fourth-order valence-corrected chi connectivity index (χ4v) is 2.57. The van der Waals surface area contributed by atoms with E-state index in [4.69, 9.17) is 0 Å². The third-order valence-corrected chi connectivity index (χ3v) is 3.80. The molecule has 2 rings (SSSR count). The van der Waals surface area contributed by atoms with Crippen LogP contribution in [0.5, 0.6) is 0 Å². The van der Waals surface area contributed by atoms with Crippen LogP contribution in [0.4, 0.5) is 0 Å². The highest BCUT2D eigenvalue weighted by molar-refractivity contribution is 5.99. The van der Waals surface area contributed by atoms with E-state index in [0.717, 1.165) is 16.6 Å². The van der Waals surface area contributed by atoms with E-state index in [1.165, 1.54) is 5.56 Å². The van der Waals surface area contributed by atoms with Crippen molar-refractivity contribution in [3.63, 3.8) is 0 Å². The van der Waals surface area contributed by atoms with Crippen molar-refractivity contribution in [2.75, 3.05) is 13.1 Å². The predicted molar refractivity (Wildman–Crippen MR) is 85.6 cm³/mol. The molecule has 0 aliphatic carbocycles. The molecule has 0 spiro atoms. The highest BCUT2D eigenvalue weighted by Gasteiger charge is 2.22. The standard InChI is InChI=1S/C17H24N2O2/c1-6-19(10-17(4,5)21)16(20)13-7-8-15-14(9-13)11(2)12(3)18-15/h7-9,18,21H,6,10H2,1-5H3. The number of likely N-dealkylation sites (N-methyl/N-ethyl adjacent to an activating group) is 1. The van der Waals surface area contributed by atoms with E-state index in [2.05, 4.69) is 11.9 Å². The van der Waals surface area contributed by atoms with Crippen LogP contribution in [-0.4, -0.2) is 39.6 Å². The Labute approximate surface area is 125 Å². The molecule has 0 radical (unpaired) electrons. The number of amides is 1. The molecular formula is C17H24N2O2. The summed E-state index contributed by atoms with van der Waals surface area (Å²) < 4.78 is 0. The summed E-state index contributed by atoms with van der Waals surface area (Å²) in [6, 6.07) is 5.72. The summed E-state index contributed by atoms with van der Waals surface area (Å²) in [6.45, 7) is 10.3. The fourth-order valence-electron chi connectivity index (χ4n) is 2.57. The number of hydrogen-bond donors (Lipinski definition) is 2. The topological polar surface area (TPSA) is 56.3 Å². The number of nitrogens with zero attached hydrogens (tertiary/aromatic N) is 1. The van der Waals surface area contributed by atoms with Gasteiger partial charge < -0.3 is 15.0 Å². The van der Waals surface area contributed by atoms with Crippen LogP contribution >= 0.6 is 0 Å². The van der Waals surface area contributed by atoms with Gasteiger partial charge in [-0.05, 0) is 58.4 Å². The number of aromatic amines is 1. The van der Waals surface area contributed by atoms with Crippen LogP contribution in [0, 0.1) is 13.8 Å². The molecule has 0 saturated heterocycles. The highest BCUT2D eigenvalue weighted by Crippen LogP contribution is 2.23. The van der Waals surface area contributed by atoms with Gasteiger partial charge in [-0.3, -0.25) is 4.79 Å². The number of aryl methyl sites for hydroxylation is 2. The average molecular weight is 288 g/mol. The minimum absolute atomic E-state index is 0.0419. The molecule has 0 bridgehead atoms. The number of rotatable bonds is 4. The van der Waals surface area contributed by atoms with Crippen LogP contribution in [0.25, 0.3) is 10.9 Å². The van der Waals surface area contributed by atoms with Crippen LogP contribution in [0.15, 0.2) is 18.2 Å². The monoisotopic (exact) mass is 288 g/mol. The maximum atomic E-state index is 12.6. The van der Waals surface area contributed by atoms with Crippen LogP contribution in [0.3, 0.4) is 0 Å². The second-order valence-electron chi connectivity index (χ2n) is 6.27. The van der Waals surface area contributed by atoms with E-state index in [1.807, 2.05) is 32.0 Å². The minimum Gasteiger partial charge on any atom is -0.389 e. The van der Waals surface area contributed by atoms with Crippen LogP contribution in [0.2, 0.25) is 0 Å². The summed E-state index contributed by atoms with van der Waals surface area (Å²) in [4.78, 5) is 17.6. The molecule has 0 aliphatic rings. The van der Waals surface area contributed by atoms with Crippen LogP contribution in [0.1, 0.15) is 42.4 Å². The lowest BCUT2D eigenvalue weighted by atomic mass is 10.1. The molecule has 2 N–H and O–H groups in total. The number of aromatic nitrogens is 1. The van der Waals surface area contributed by atoms with Gasteiger partial charge in [-0.15, -0.1) is 0 Å². The first-order valence-corrected chi connectivity index (χ1v) is 7.33. The number of benzene rings is 1. The normalized spacial score (nSPS) is 11.9. The van der Waals surface area contributed by atoms with Crippen LogP contribution in [-0.2, 0) is 0 Å². The number of carbonyl (C=O) groups is 1. The first-order valence-electron chi connectivity index (χ1n) is 7.33. The largest absolute Gasteiger partial charge is 0.389 e. The highest BCUT2D eigenvalue weighted by atomic mass is 16.3. The molecule has 0 saturated carbocycles. The van der Waals surface area contributed by atoms with E-state index in [-0.39, 0.29) is 5.91 Å². The Morgan fingerprint density at radius 1 is 1.33 bits per heavy atom. The molecule has 4 heteroatoms. The third-order valence-electron chi connectivity index (χ3n) is 3.80. The van der Waals surface area contributed by atoms with Gasteiger partial charge in [0.25, 0.3) is 5.91 Å². The predicted octanol–water partition coefficient (Wildman–Crippen LogP) is 3.02. The zero-order valence-corrected chi connectivity index (χ0v) is 13.4. The quantitative estimate of drug-likeness (QED) is 0.908. The third kappa shape index (κ3) is 3.27. The van der Waals surface area contributed by atoms with Crippen molar-refractivity contribution >= 4 is 16.8 Å². The molecule has 1 aromatic heterocycles. The van der Waals surface area contributed by atoms with Gasteiger partial charge in [0.05, 0.1) is 5.60 Å². The molecule has 1 aromatic carbocycles. The summed E-state index contributed by atoms with van der Waals surface area (Å²) in [5.41, 5.74) is 3.11. The Kier molecular flexibility index (Phi) is 4.10. The van der Waals surface area contributed by atoms with Gasteiger partial charge in [-0.2, -0.15) is 0 Å². The van der Waals surface area contributed by atoms with Crippen molar-refractivity contribution in [3.05, 3.63) is 35.0 Å². The summed E-state index contributed by atoms with van der Waals surface area (Å²) in [5, 5.41) is 11.0. The lowest BCUT2D eigenvalue weighted by Crippen LogP contribution is -2.42. The summed E-state index contributed by atoms with van der Waals surface area (Å²) in [5.74, 6) is -0.0419. The Balaban J connectivity index is 2.36. The molecule has 1 amide bonds. The van der Waals surface area contributed by atoms with E-state index >= 15 is 0 Å². The Morgan fingerprint density at radius 2 is 2.00 bits per heavy atom. The van der Waals surface area contributed by atoms with Gasteiger partial charge in [0.1, 0.15) is 0 Å². The van der Waals surface area contributed by atoms with Crippen molar-refractivity contribution in [1.82, 2.24) is 9.88 Å². The molecule has 1 heterocycles. The number of nitrogens with one attached hydrogen (secondary N) is 1. The van der Waals surface area contributed by atoms with Crippen molar-refractivity contribution in [2.45, 2.75) is 40.2 Å². The number of fused-ring (bicyclic) bond motifs is 1. The zero-order chi connectivity index (χ0) is 15.8. The Bertz CT molecular complexity index is 665. The molecule has 0 atom stereocenters. The first kappa shape index (κ1) is 15.6. The summed E-state index contributed by atoms with van der Waals surface area (Å²) >= 11 is 0. The van der Waals surface area contributed by atoms with Crippen molar-refractivity contribution < 1.29 is 9.90 Å². The lowest BCUT2D eigenvalue weighted by Gasteiger charge is -2.28. The fraction of sp³-hybridized carbons (Fsp3) is 0.471. The van der Waals surface area contributed by atoms with Gasteiger partial charge in [0.2, 0.25) is 0 Å². The number of H-pyrrole nitrogens is 1. The molecule has 21 heavy (non-hydrogen) atoms. The molecular weight excluding hydrogens is 264 g/mol. The number of carbonyl (C=O) groups excluding carboxylic acids is 1. The summed E-state index contributed by atoms with van der Waals surface area (Å²) in [7, 11) is 0. The zero-order valence-electron chi connectivity index (χ0n) is 13.4. The molecule has 0 unspecified atom stereocenters. The second kappa shape index (κ2) is 5.53. The number of hydrogen-bond acceptors (Lipinski definition) is 2. The molecule has 2 aromatic rings. The van der Waals surface area contributed by atoms with Gasteiger partial charge in [-0.1, -0.05) is 0 Å². The average Bonchev–Trinajstić information content (AvgIpc) is 2.69. The SMILES string of the molecule is CCN(CC(C)(C)O)C(=O)c1ccc2[nH]c(C)c(C)c2c1. The molecule has 0 fully saturated rings. The van der Waals surface area contributed by atoms with Gasteiger partial charge in [0, 0.05) is 35.2 Å². The second-order valence-corrected chi connectivity index (χ2v) is 6.27. The lowest BCUT2D eigenvalue weighted by molar-refractivity contribution is 0.0315. The molecule has 114 valence electrons. The maximum Gasteiger partial charge on any atom is 0.253 e. The van der Waals surface area contributed by atoms with Gasteiger partial charge >= 0.3 is 0 Å². The minimum atomic E-state index is -0.892. The molecule has 4 nitrogen and oxygen atoms in total. The van der Waals surface area contributed by atoms with E-state index in [9.17, 15) is 9.90 Å². The van der Waals surface area contributed by atoms with E-state index in [0.29, 0.717) is 18.7 Å². The van der Waals surface area contributed by atoms with Crippen molar-refractivity contribution in [2.24, 2.45) is 0 Å². The van der Waals surface area contributed by atoms with E-state index < -0.39 is 5.60 Å². The Morgan fingerprint density at radius 3 is 2.57 bits per heavy atom. The summed E-state index contributed by atoms with van der Waals surface area (Å²) in [6.07, 6.45) is 0. The van der Waals surface area contributed by atoms with Gasteiger partial charge in [-0.25, -0.2) is 0 Å². The maximum absolute atomic E-state index is 12.6. The van der Waals surface area contributed by atoms with Crippen molar-refractivity contribution in [1.29, 1.82) is 0 Å².